The minimum atomic E-state index is -3.54. The van der Waals surface area contributed by atoms with Gasteiger partial charge in [0.15, 0.2) is 0 Å². The van der Waals surface area contributed by atoms with Crippen molar-refractivity contribution in [2.75, 3.05) is 13.1 Å². The number of aromatic nitrogens is 2. The molecular formula is C21H32N4O3S. The molecular weight excluding hydrogens is 388 g/mol. The highest BCUT2D eigenvalue weighted by Gasteiger charge is 2.54. The quantitative estimate of drug-likeness (QED) is 0.782. The lowest BCUT2D eigenvalue weighted by atomic mass is 9.49. The Morgan fingerprint density at radius 2 is 1.62 bits per heavy atom. The highest BCUT2D eigenvalue weighted by Crippen LogP contribution is 2.60. The van der Waals surface area contributed by atoms with Gasteiger partial charge in [-0.05, 0) is 83.0 Å². The van der Waals surface area contributed by atoms with E-state index in [4.69, 9.17) is 0 Å². The third kappa shape index (κ3) is 3.23. The van der Waals surface area contributed by atoms with Crippen molar-refractivity contribution in [2.45, 2.75) is 76.2 Å². The molecule has 5 aliphatic rings. The first-order valence-electron chi connectivity index (χ1n) is 11.1. The number of nitrogens with zero attached hydrogens (tertiary/aromatic N) is 2. The summed E-state index contributed by atoms with van der Waals surface area (Å²) in [6.07, 6.45) is 8.53. The molecule has 2 N–H and O–H groups in total. The third-order valence-corrected chi connectivity index (χ3v) is 10.1. The number of sulfonamides is 1. The molecule has 1 aliphatic heterocycles. The number of piperidine rings is 1. The average Bonchev–Trinajstić information content (AvgIpc) is 3.00. The van der Waals surface area contributed by atoms with Crippen molar-refractivity contribution in [1.29, 1.82) is 0 Å². The fourth-order valence-electron chi connectivity index (χ4n) is 7.02. The maximum atomic E-state index is 13.3. The first-order chi connectivity index (χ1) is 13.8. The molecule has 0 unspecified atom stereocenters. The van der Waals surface area contributed by atoms with Gasteiger partial charge in [-0.15, -0.1) is 0 Å². The Morgan fingerprint density at radius 1 is 1.07 bits per heavy atom. The van der Waals surface area contributed by atoms with Gasteiger partial charge in [0.05, 0.1) is 11.4 Å². The summed E-state index contributed by atoms with van der Waals surface area (Å²) in [5, 5.41) is 10.1. The van der Waals surface area contributed by atoms with Crippen LogP contribution in [0.4, 0.5) is 0 Å². The molecule has 160 valence electrons. The lowest BCUT2D eigenvalue weighted by Crippen LogP contribution is -2.56. The van der Waals surface area contributed by atoms with Crippen molar-refractivity contribution in [3.05, 3.63) is 11.4 Å². The third-order valence-electron chi connectivity index (χ3n) is 7.97. The minimum absolute atomic E-state index is 0.0773. The topological polar surface area (TPSA) is 95.2 Å². The molecule has 6 rings (SSSR count). The Kier molecular flexibility index (Phi) is 4.59. The predicted octanol–water partition coefficient (Wildman–Crippen LogP) is 2.51. The fraction of sp³-hybridized carbons (Fsp3) is 0.810. The van der Waals surface area contributed by atoms with Gasteiger partial charge in [-0.3, -0.25) is 9.89 Å². The number of hydrogen-bond acceptors (Lipinski definition) is 4. The van der Waals surface area contributed by atoms with Crippen molar-refractivity contribution in [1.82, 2.24) is 19.8 Å². The molecule has 8 heteroatoms. The van der Waals surface area contributed by atoms with E-state index >= 15 is 0 Å². The Labute approximate surface area is 173 Å². The van der Waals surface area contributed by atoms with Gasteiger partial charge in [0.2, 0.25) is 15.9 Å². The van der Waals surface area contributed by atoms with Crippen LogP contribution in [0.1, 0.15) is 62.8 Å². The van der Waals surface area contributed by atoms with Crippen LogP contribution >= 0.6 is 0 Å². The van der Waals surface area contributed by atoms with E-state index in [-0.39, 0.29) is 17.4 Å². The molecule has 5 fully saturated rings. The van der Waals surface area contributed by atoms with E-state index in [1.165, 1.54) is 19.3 Å². The molecule has 1 aromatic heterocycles. The Hall–Kier alpha value is -1.41. The van der Waals surface area contributed by atoms with Crippen LogP contribution in [-0.2, 0) is 14.8 Å². The van der Waals surface area contributed by atoms with Crippen LogP contribution in [0.3, 0.4) is 0 Å². The second-order valence-electron chi connectivity index (χ2n) is 10.1. The Morgan fingerprint density at radius 3 is 2.10 bits per heavy atom. The lowest BCUT2D eigenvalue weighted by Gasteiger charge is -2.56. The molecule has 29 heavy (non-hydrogen) atoms. The Bertz CT molecular complexity index is 860. The lowest BCUT2D eigenvalue weighted by molar-refractivity contribution is -0.147. The number of carbonyl (C=O) groups excluding carboxylic acids is 1. The summed E-state index contributed by atoms with van der Waals surface area (Å²) in [5.41, 5.74) is 0.961. The maximum absolute atomic E-state index is 13.3. The van der Waals surface area contributed by atoms with Crippen LogP contribution in [0.5, 0.6) is 0 Å². The van der Waals surface area contributed by atoms with Crippen molar-refractivity contribution in [3.8, 4) is 0 Å². The summed E-state index contributed by atoms with van der Waals surface area (Å²) in [6.45, 7) is 4.34. The molecule has 4 bridgehead atoms. The molecule has 7 nitrogen and oxygen atoms in total. The molecule has 4 saturated carbocycles. The van der Waals surface area contributed by atoms with E-state index in [0.717, 1.165) is 37.0 Å². The summed E-state index contributed by atoms with van der Waals surface area (Å²) < 4.78 is 27.6. The van der Waals surface area contributed by atoms with E-state index in [9.17, 15) is 13.2 Å². The molecule has 4 aliphatic carbocycles. The second-order valence-corrected chi connectivity index (χ2v) is 12.0. The van der Waals surface area contributed by atoms with E-state index in [0.29, 0.717) is 42.2 Å². The number of H-pyrrole nitrogens is 1. The molecule has 0 atom stereocenters. The number of hydrogen-bond donors (Lipinski definition) is 2. The molecule has 1 saturated heterocycles. The standard InChI is InChI=1S/C21H32N4O3S/c1-13-19(14(2)24-23-13)29(27,28)25-5-3-18(4-6-25)22-20(26)21-10-15-7-16(11-21)9-17(8-15)12-21/h15-18H,3-12H2,1-2H3,(H,22,26)(H,23,24). The zero-order valence-corrected chi connectivity index (χ0v) is 18.2. The number of amides is 1. The van der Waals surface area contributed by atoms with Crippen LogP contribution < -0.4 is 5.32 Å². The monoisotopic (exact) mass is 420 g/mol. The van der Waals surface area contributed by atoms with Crippen molar-refractivity contribution >= 4 is 15.9 Å². The van der Waals surface area contributed by atoms with Gasteiger partial charge < -0.3 is 5.32 Å². The van der Waals surface area contributed by atoms with Crippen LogP contribution in [0.15, 0.2) is 4.90 Å². The molecule has 0 spiro atoms. The zero-order chi connectivity index (χ0) is 20.4. The van der Waals surface area contributed by atoms with Crippen LogP contribution in [0.2, 0.25) is 0 Å². The van der Waals surface area contributed by atoms with Crippen LogP contribution in [-0.4, -0.2) is 48.0 Å². The van der Waals surface area contributed by atoms with Gasteiger partial charge in [-0.25, -0.2) is 8.42 Å². The van der Waals surface area contributed by atoms with Gasteiger partial charge in [0.1, 0.15) is 4.90 Å². The first kappa shape index (κ1) is 19.5. The highest BCUT2D eigenvalue weighted by molar-refractivity contribution is 7.89. The number of aromatic amines is 1. The van der Waals surface area contributed by atoms with Gasteiger partial charge >= 0.3 is 0 Å². The summed E-state index contributed by atoms with van der Waals surface area (Å²) in [6, 6.07) is 0.0773. The van der Waals surface area contributed by atoms with Gasteiger partial charge in [0, 0.05) is 24.5 Å². The van der Waals surface area contributed by atoms with Crippen molar-refractivity contribution in [2.24, 2.45) is 23.2 Å². The number of aryl methyl sites for hydroxylation is 2. The highest BCUT2D eigenvalue weighted by atomic mass is 32.2. The van der Waals surface area contributed by atoms with Crippen LogP contribution in [0, 0.1) is 37.0 Å². The minimum Gasteiger partial charge on any atom is -0.353 e. The zero-order valence-electron chi connectivity index (χ0n) is 17.4. The summed E-state index contributed by atoms with van der Waals surface area (Å²) in [5.74, 6) is 2.50. The number of carbonyl (C=O) groups is 1. The molecule has 0 radical (unpaired) electrons. The van der Waals surface area contributed by atoms with E-state index in [2.05, 4.69) is 15.5 Å². The normalized spacial score (nSPS) is 35.2. The average molecular weight is 421 g/mol. The summed E-state index contributed by atoms with van der Waals surface area (Å²) >= 11 is 0. The van der Waals surface area contributed by atoms with Crippen LogP contribution in [0.25, 0.3) is 0 Å². The summed E-state index contributed by atoms with van der Waals surface area (Å²) in [7, 11) is -3.54. The van der Waals surface area contributed by atoms with Gasteiger partial charge in [-0.1, -0.05) is 0 Å². The second kappa shape index (κ2) is 6.80. The molecule has 1 aromatic rings. The molecule has 0 aromatic carbocycles. The predicted molar refractivity (Wildman–Crippen MR) is 109 cm³/mol. The largest absolute Gasteiger partial charge is 0.353 e. The SMILES string of the molecule is Cc1n[nH]c(C)c1S(=O)(=O)N1CCC(NC(=O)C23CC4CC(CC(C4)C2)C3)CC1. The Balaban J connectivity index is 1.22. The number of rotatable bonds is 4. The van der Waals surface area contributed by atoms with Crippen molar-refractivity contribution in [3.63, 3.8) is 0 Å². The smallest absolute Gasteiger partial charge is 0.246 e. The van der Waals surface area contributed by atoms with E-state index < -0.39 is 10.0 Å². The van der Waals surface area contributed by atoms with Gasteiger partial charge in [0.25, 0.3) is 0 Å². The van der Waals surface area contributed by atoms with Gasteiger partial charge in [-0.2, -0.15) is 9.40 Å². The molecule has 2 heterocycles. The maximum Gasteiger partial charge on any atom is 0.246 e. The van der Waals surface area contributed by atoms with E-state index in [1.807, 2.05) is 0 Å². The van der Waals surface area contributed by atoms with Crippen molar-refractivity contribution < 1.29 is 13.2 Å². The van der Waals surface area contributed by atoms with E-state index in [1.54, 1.807) is 18.2 Å². The first-order valence-corrected chi connectivity index (χ1v) is 12.5. The summed E-state index contributed by atoms with van der Waals surface area (Å²) in [4.78, 5) is 13.6. The number of nitrogens with one attached hydrogen (secondary N) is 2. The molecule has 1 amide bonds. The fourth-order valence-corrected chi connectivity index (χ4v) is 8.82.